The maximum atomic E-state index is 5.95. The average Bonchev–Trinajstić information content (AvgIpc) is 2.90. The highest BCUT2D eigenvalue weighted by atomic mass is 16.5. The molecule has 1 fully saturated rings. The summed E-state index contributed by atoms with van der Waals surface area (Å²) in [6.07, 6.45) is 0.910. The summed E-state index contributed by atoms with van der Waals surface area (Å²) in [4.78, 5) is 0. The van der Waals surface area contributed by atoms with E-state index in [4.69, 9.17) is 19.6 Å². The Morgan fingerprint density at radius 2 is 2.35 bits per heavy atom. The van der Waals surface area contributed by atoms with E-state index in [1.165, 1.54) is 0 Å². The van der Waals surface area contributed by atoms with Crippen molar-refractivity contribution < 1.29 is 13.9 Å². The molecule has 1 aliphatic heterocycles. The second kappa shape index (κ2) is 5.67. The summed E-state index contributed by atoms with van der Waals surface area (Å²) in [6, 6.07) is 3.80. The van der Waals surface area contributed by atoms with E-state index in [9.17, 15) is 0 Å². The van der Waals surface area contributed by atoms with E-state index in [1.807, 2.05) is 26.0 Å². The van der Waals surface area contributed by atoms with Crippen molar-refractivity contribution in [1.29, 1.82) is 0 Å². The van der Waals surface area contributed by atoms with Crippen LogP contribution in [0.15, 0.2) is 16.5 Å². The van der Waals surface area contributed by atoms with Gasteiger partial charge < -0.3 is 19.6 Å². The lowest BCUT2D eigenvalue weighted by Gasteiger charge is -2.21. The van der Waals surface area contributed by atoms with E-state index in [-0.39, 0.29) is 12.1 Å². The van der Waals surface area contributed by atoms with Crippen LogP contribution in [0.3, 0.4) is 0 Å². The molecule has 1 aliphatic rings. The molecule has 2 rings (SSSR count). The third-order valence-electron chi connectivity index (χ3n) is 3.05. The molecule has 0 radical (unpaired) electrons. The molecule has 2 N–H and O–H groups in total. The second-order valence-electron chi connectivity index (χ2n) is 4.79. The molecule has 4 nitrogen and oxygen atoms in total. The van der Waals surface area contributed by atoms with Crippen molar-refractivity contribution in [2.24, 2.45) is 11.7 Å². The molecular weight excluding hydrogens is 218 g/mol. The molecule has 96 valence electrons. The molecule has 0 bridgehead atoms. The van der Waals surface area contributed by atoms with E-state index >= 15 is 0 Å². The van der Waals surface area contributed by atoms with Crippen LogP contribution in [0.5, 0.6) is 0 Å². The van der Waals surface area contributed by atoms with Crippen LogP contribution in [0, 0.1) is 12.8 Å². The Bertz CT molecular complexity index is 342. The summed E-state index contributed by atoms with van der Waals surface area (Å²) < 4.78 is 16.8. The predicted molar refractivity (Wildman–Crippen MR) is 64.7 cm³/mol. The highest BCUT2D eigenvalue weighted by molar-refractivity contribution is 5.09. The van der Waals surface area contributed by atoms with Crippen molar-refractivity contribution in [3.05, 3.63) is 23.7 Å². The summed E-state index contributed by atoms with van der Waals surface area (Å²) in [6.45, 7) is 6.19. The smallest absolute Gasteiger partial charge is 0.134 e. The number of hydrogen-bond acceptors (Lipinski definition) is 4. The van der Waals surface area contributed by atoms with Gasteiger partial charge in [-0.1, -0.05) is 0 Å². The Balaban J connectivity index is 1.92. The molecule has 2 heterocycles. The SMILES string of the molecule is Cc1ccc(C(OCC2CCOC2)C(C)N)o1. The van der Waals surface area contributed by atoms with Crippen molar-refractivity contribution in [2.75, 3.05) is 19.8 Å². The second-order valence-corrected chi connectivity index (χ2v) is 4.79. The van der Waals surface area contributed by atoms with E-state index in [0.29, 0.717) is 12.5 Å². The lowest BCUT2D eigenvalue weighted by Crippen LogP contribution is -2.28. The van der Waals surface area contributed by atoms with Gasteiger partial charge in [-0.05, 0) is 32.4 Å². The van der Waals surface area contributed by atoms with E-state index in [2.05, 4.69) is 0 Å². The summed E-state index contributed by atoms with van der Waals surface area (Å²) in [5, 5.41) is 0. The normalized spacial score (nSPS) is 23.8. The van der Waals surface area contributed by atoms with Crippen LogP contribution in [0.4, 0.5) is 0 Å². The molecule has 1 aromatic heterocycles. The van der Waals surface area contributed by atoms with Gasteiger partial charge in [0, 0.05) is 18.6 Å². The fraction of sp³-hybridized carbons (Fsp3) is 0.692. The van der Waals surface area contributed by atoms with Crippen molar-refractivity contribution in [3.63, 3.8) is 0 Å². The molecule has 1 aromatic rings. The molecule has 3 unspecified atom stereocenters. The van der Waals surface area contributed by atoms with E-state index < -0.39 is 0 Å². The quantitative estimate of drug-likeness (QED) is 0.854. The molecule has 17 heavy (non-hydrogen) atoms. The number of furan rings is 1. The number of rotatable bonds is 5. The molecule has 0 aliphatic carbocycles. The standard InChI is InChI=1S/C13H21NO3/c1-9-3-4-12(17-9)13(10(2)14)16-8-11-5-6-15-7-11/h3-4,10-11,13H,5-8,14H2,1-2H3. The number of aryl methyl sites for hydroxylation is 1. The minimum atomic E-state index is -0.163. The lowest BCUT2D eigenvalue weighted by molar-refractivity contribution is 0.00106. The molecule has 3 atom stereocenters. The maximum Gasteiger partial charge on any atom is 0.134 e. The zero-order valence-electron chi connectivity index (χ0n) is 10.5. The van der Waals surface area contributed by atoms with Gasteiger partial charge in [-0.3, -0.25) is 0 Å². The zero-order chi connectivity index (χ0) is 12.3. The third-order valence-corrected chi connectivity index (χ3v) is 3.05. The Morgan fingerprint density at radius 3 is 2.88 bits per heavy atom. The molecule has 0 saturated carbocycles. The summed E-state index contributed by atoms with van der Waals surface area (Å²) in [5.41, 5.74) is 5.95. The lowest BCUT2D eigenvalue weighted by atomic mass is 10.1. The first-order valence-electron chi connectivity index (χ1n) is 6.18. The third kappa shape index (κ3) is 3.31. The van der Waals surface area contributed by atoms with Gasteiger partial charge in [0.2, 0.25) is 0 Å². The fourth-order valence-electron chi connectivity index (χ4n) is 2.05. The van der Waals surface area contributed by atoms with Gasteiger partial charge in [0.05, 0.1) is 13.2 Å². The van der Waals surface area contributed by atoms with Gasteiger partial charge in [0.15, 0.2) is 0 Å². The largest absolute Gasteiger partial charge is 0.464 e. The van der Waals surface area contributed by atoms with E-state index in [1.54, 1.807) is 0 Å². The van der Waals surface area contributed by atoms with Crippen molar-refractivity contribution >= 4 is 0 Å². The van der Waals surface area contributed by atoms with Gasteiger partial charge in [0.1, 0.15) is 17.6 Å². The topological polar surface area (TPSA) is 57.6 Å². The maximum absolute atomic E-state index is 5.95. The molecule has 0 aromatic carbocycles. The Kier molecular flexibility index (Phi) is 4.20. The minimum Gasteiger partial charge on any atom is -0.464 e. The Labute approximate surface area is 102 Å². The summed E-state index contributed by atoms with van der Waals surface area (Å²) in [7, 11) is 0. The van der Waals surface area contributed by atoms with Crippen molar-refractivity contribution in [3.8, 4) is 0 Å². The Morgan fingerprint density at radius 1 is 1.53 bits per heavy atom. The first-order chi connectivity index (χ1) is 8.16. The average molecular weight is 239 g/mol. The van der Waals surface area contributed by atoms with Crippen LogP contribution in [0.1, 0.15) is 31.0 Å². The van der Waals surface area contributed by atoms with Crippen LogP contribution in [-0.4, -0.2) is 25.9 Å². The van der Waals surface area contributed by atoms with Gasteiger partial charge in [-0.2, -0.15) is 0 Å². The minimum absolute atomic E-state index is 0.0807. The van der Waals surface area contributed by atoms with Gasteiger partial charge in [0.25, 0.3) is 0 Å². The van der Waals surface area contributed by atoms with Crippen LogP contribution in [-0.2, 0) is 9.47 Å². The van der Waals surface area contributed by atoms with Crippen molar-refractivity contribution in [2.45, 2.75) is 32.4 Å². The zero-order valence-corrected chi connectivity index (χ0v) is 10.5. The predicted octanol–water partition coefficient (Wildman–Crippen LogP) is 2.03. The van der Waals surface area contributed by atoms with Crippen LogP contribution < -0.4 is 5.73 Å². The molecular formula is C13H21NO3. The van der Waals surface area contributed by atoms with Crippen molar-refractivity contribution in [1.82, 2.24) is 0 Å². The van der Waals surface area contributed by atoms with E-state index in [0.717, 1.165) is 31.2 Å². The first-order valence-corrected chi connectivity index (χ1v) is 6.18. The van der Waals surface area contributed by atoms with Crippen LogP contribution in [0.2, 0.25) is 0 Å². The molecule has 0 spiro atoms. The Hall–Kier alpha value is -0.840. The first kappa shape index (κ1) is 12.6. The number of ether oxygens (including phenoxy) is 2. The fourth-order valence-corrected chi connectivity index (χ4v) is 2.05. The monoisotopic (exact) mass is 239 g/mol. The molecule has 0 amide bonds. The van der Waals surface area contributed by atoms with Gasteiger partial charge in [-0.25, -0.2) is 0 Å². The number of hydrogen-bond donors (Lipinski definition) is 1. The van der Waals surface area contributed by atoms with Gasteiger partial charge >= 0.3 is 0 Å². The molecule has 1 saturated heterocycles. The van der Waals surface area contributed by atoms with Crippen LogP contribution in [0.25, 0.3) is 0 Å². The summed E-state index contributed by atoms with van der Waals surface area (Å²) in [5.74, 6) is 2.20. The molecule has 4 heteroatoms. The van der Waals surface area contributed by atoms with Gasteiger partial charge in [-0.15, -0.1) is 0 Å². The highest BCUT2D eigenvalue weighted by Gasteiger charge is 2.23. The number of nitrogens with two attached hydrogens (primary N) is 1. The van der Waals surface area contributed by atoms with Crippen LogP contribution >= 0.6 is 0 Å². The summed E-state index contributed by atoms with van der Waals surface area (Å²) >= 11 is 0. The highest BCUT2D eigenvalue weighted by Crippen LogP contribution is 2.24.